The summed E-state index contributed by atoms with van der Waals surface area (Å²) < 4.78 is 14.0. The fourth-order valence-corrected chi connectivity index (χ4v) is 2.65. The first kappa shape index (κ1) is 13.5. The van der Waals surface area contributed by atoms with E-state index < -0.39 is 11.7 Å². The Morgan fingerprint density at radius 3 is 2.95 bits per heavy atom. The standard InChI is InChI=1S/C16H16FN3O/c1-18-15-14(17)13(6-7-19-15)16(21)20-9-11-8-10-4-2-3-5-12(10)11/h2-7,11H,8-9H2,1H3,(H,18,19)(H,20,21). The largest absolute Gasteiger partial charge is 0.371 e. The zero-order valence-corrected chi connectivity index (χ0v) is 11.7. The molecule has 1 aromatic heterocycles. The van der Waals surface area contributed by atoms with Crippen LogP contribution in [0.25, 0.3) is 0 Å². The van der Waals surface area contributed by atoms with Crippen molar-refractivity contribution >= 4 is 11.7 Å². The van der Waals surface area contributed by atoms with Crippen LogP contribution in [0.1, 0.15) is 27.4 Å². The molecular weight excluding hydrogens is 269 g/mol. The monoisotopic (exact) mass is 285 g/mol. The van der Waals surface area contributed by atoms with Crippen LogP contribution in [-0.4, -0.2) is 24.5 Å². The van der Waals surface area contributed by atoms with Crippen molar-refractivity contribution in [2.75, 3.05) is 18.9 Å². The maximum atomic E-state index is 14.0. The van der Waals surface area contributed by atoms with Crippen molar-refractivity contribution in [2.45, 2.75) is 12.3 Å². The van der Waals surface area contributed by atoms with E-state index in [0.717, 1.165) is 6.42 Å². The van der Waals surface area contributed by atoms with Crippen molar-refractivity contribution in [2.24, 2.45) is 0 Å². The Morgan fingerprint density at radius 2 is 2.19 bits per heavy atom. The van der Waals surface area contributed by atoms with Gasteiger partial charge in [0, 0.05) is 25.7 Å². The third kappa shape index (κ3) is 2.46. The number of hydrogen-bond acceptors (Lipinski definition) is 3. The molecule has 0 aliphatic heterocycles. The molecule has 1 aromatic carbocycles. The Morgan fingerprint density at radius 1 is 1.38 bits per heavy atom. The lowest BCUT2D eigenvalue weighted by Gasteiger charge is -2.30. The number of carbonyl (C=O) groups is 1. The average Bonchev–Trinajstić information content (AvgIpc) is 2.48. The molecule has 2 aromatic rings. The lowest BCUT2D eigenvalue weighted by atomic mass is 9.77. The van der Waals surface area contributed by atoms with Crippen molar-refractivity contribution < 1.29 is 9.18 Å². The number of nitrogens with one attached hydrogen (secondary N) is 2. The molecule has 0 saturated heterocycles. The zero-order chi connectivity index (χ0) is 14.8. The van der Waals surface area contributed by atoms with E-state index in [1.165, 1.54) is 23.4 Å². The van der Waals surface area contributed by atoms with Gasteiger partial charge in [-0.3, -0.25) is 4.79 Å². The number of aromatic nitrogens is 1. The molecule has 3 rings (SSSR count). The molecule has 1 atom stereocenters. The third-order valence-corrected chi connectivity index (χ3v) is 3.84. The number of halogens is 1. The lowest BCUT2D eigenvalue weighted by molar-refractivity contribution is 0.0946. The first-order chi connectivity index (χ1) is 10.2. The second-order valence-electron chi connectivity index (χ2n) is 5.08. The maximum Gasteiger partial charge on any atom is 0.254 e. The molecule has 1 unspecified atom stereocenters. The number of carbonyl (C=O) groups excluding carboxylic acids is 1. The molecule has 2 N–H and O–H groups in total. The Balaban J connectivity index is 1.66. The molecule has 0 saturated carbocycles. The van der Waals surface area contributed by atoms with Crippen LogP contribution in [0.2, 0.25) is 0 Å². The van der Waals surface area contributed by atoms with E-state index >= 15 is 0 Å². The van der Waals surface area contributed by atoms with E-state index in [1.807, 2.05) is 12.1 Å². The highest BCUT2D eigenvalue weighted by Crippen LogP contribution is 2.34. The highest BCUT2D eigenvalue weighted by atomic mass is 19.1. The molecule has 0 bridgehead atoms. The first-order valence-corrected chi connectivity index (χ1v) is 6.89. The van der Waals surface area contributed by atoms with E-state index in [4.69, 9.17) is 0 Å². The Labute approximate surface area is 122 Å². The molecular formula is C16H16FN3O. The highest BCUT2D eigenvalue weighted by molar-refractivity contribution is 5.95. The summed E-state index contributed by atoms with van der Waals surface area (Å²) in [5, 5.41) is 5.42. The minimum atomic E-state index is -0.619. The molecule has 1 aliphatic rings. The van der Waals surface area contributed by atoms with Gasteiger partial charge in [-0.25, -0.2) is 9.37 Å². The number of anilines is 1. The van der Waals surface area contributed by atoms with Gasteiger partial charge in [-0.2, -0.15) is 0 Å². The molecule has 108 valence electrons. The Hall–Kier alpha value is -2.43. The summed E-state index contributed by atoms with van der Waals surface area (Å²) in [4.78, 5) is 15.9. The Kier molecular flexibility index (Phi) is 3.56. The predicted molar refractivity (Wildman–Crippen MR) is 79.0 cm³/mol. The third-order valence-electron chi connectivity index (χ3n) is 3.84. The summed E-state index contributed by atoms with van der Waals surface area (Å²) in [7, 11) is 1.57. The van der Waals surface area contributed by atoms with Crippen LogP contribution in [0.15, 0.2) is 36.5 Å². The quantitative estimate of drug-likeness (QED) is 0.906. The maximum absolute atomic E-state index is 14.0. The van der Waals surface area contributed by atoms with Crippen LogP contribution in [0.4, 0.5) is 10.2 Å². The van der Waals surface area contributed by atoms with E-state index in [-0.39, 0.29) is 11.4 Å². The molecule has 0 radical (unpaired) electrons. The number of nitrogens with zero attached hydrogens (tertiary/aromatic N) is 1. The minimum absolute atomic E-state index is 0.0157. The second-order valence-corrected chi connectivity index (χ2v) is 5.08. The second kappa shape index (κ2) is 5.52. The van der Waals surface area contributed by atoms with Crippen LogP contribution >= 0.6 is 0 Å². The van der Waals surface area contributed by atoms with E-state index in [9.17, 15) is 9.18 Å². The van der Waals surface area contributed by atoms with Gasteiger partial charge in [0.25, 0.3) is 5.91 Å². The van der Waals surface area contributed by atoms with Gasteiger partial charge in [-0.05, 0) is 23.6 Å². The summed E-state index contributed by atoms with van der Waals surface area (Å²) in [6, 6.07) is 9.56. The number of hydrogen-bond donors (Lipinski definition) is 2. The smallest absolute Gasteiger partial charge is 0.254 e. The van der Waals surface area contributed by atoms with Crippen molar-refractivity contribution in [3.8, 4) is 0 Å². The van der Waals surface area contributed by atoms with Crippen molar-refractivity contribution in [1.29, 1.82) is 0 Å². The SMILES string of the molecule is CNc1nccc(C(=O)NCC2Cc3ccccc32)c1F. The normalized spacial score (nSPS) is 15.8. The number of fused-ring (bicyclic) bond motifs is 1. The van der Waals surface area contributed by atoms with Crippen LogP contribution in [0, 0.1) is 5.82 Å². The van der Waals surface area contributed by atoms with Gasteiger partial charge in [0.05, 0.1) is 5.56 Å². The zero-order valence-electron chi connectivity index (χ0n) is 11.7. The molecule has 21 heavy (non-hydrogen) atoms. The predicted octanol–water partition coefficient (Wildman–Crippen LogP) is 2.33. The van der Waals surface area contributed by atoms with E-state index in [2.05, 4.69) is 27.8 Å². The highest BCUT2D eigenvalue weighted by Gasteiger charge is 2.26. The van der Waals surface area contributed by atoms with Crippen LogP contribution in [-0.2, 0) is 6.42 Å². The van der Waals surface area contributed by atoms with Crippen molar-refractivity contribution in [1.82, 2.24) is 10.3 Å². The van der Waals surface area contributed by atoms with Gasteiger partial charge in [-0.1, -0.05) is 24.3 Å². The summed E-state index contributed by atoms with van der Waals surface area (Å²) in [5.74, 6) is -0.627. The summed E-state index contributed by atoms with van der Waals surface area (Å²) in [6.07, 6.45) is 2.37. The fraction of sp³-hybridized carbons (Fsp3) is 0.250. The van der Waals surface area contributed by atoms with Crippen molar-refractivity contribution in [3.05, 3.63) is 59.0 Å². The molecule has 0 spiro atoms. The van der Waals surface area contributed by atoms with Gasteiger partial charge in [0.1, 0.15) is 0 Å². The number of pyridine rings is 1. The molecule has 4 nitrogen and oxygen atoms in total. The Bertz CT molecular complexity index is 687. The van der Waals surface area contributed by atoms with Gasteiger partial charge in [-0.15, -0.1) is 0 Å². The fourth-order valence-electron chi connectivity index (χ4n) is 2.65. The summed E-state index contributed by atoms with van der Waals surface area (Å²) >= 11 is 0. The van der Waals surface area contributed by atoms with E-state index in [1.54, 1.807) is 7.05 Å². The summed E-state index contributed by atoms with van der Waals surface area (Å²) in [6.45, 7) is 0.520. The first-order valence-electron chi connectivity index (χ1n) is 6.89. The topological polar surface area (TPSA) is 54.0 Å². The van der Waals surface area contributed by atoms with Crippen LogP contribution < -0.4 is 10.6 Å². The lowest BCUT2D eigenvalue weighted by Crippen LogP contribution is -2.33. The number of benzene rings is 1. The molecule has 0 fully saturated rings. The minimum Gasteiger partial charge on any atom is -0.371 e. The van der Waals surface area contributed by atoms with Gasteiger partial charge >= 0.3 is 0 Å². The van der Waals surface area contributed by atoms with Gasteiger partial charge < -0.3 is 10.6 Å². The van der Waals surface area contributed by atoms with E-state index in [0.29, 0.717) is 12.5 Å². The molecule has 1 amide bonds. The van der Waals surface area contributed by atoms with Crippen molar-refractivity contribution in [3.63, 3.8) is 0 Å². The number of amides is 1. The average molecular weight is 285 g/mol. The van der Waals surface area contributed by atoms with Crippen LogP contribution in [0.5, 0.6) is 0 Å². The molecule has 1 aliphatic carbocycles. The molecule has 1 heterocycles. The van der Waals surface area contributed by atoms with Gasteiger partial charge in [0.15, 0.2) is 11.6 Å². The molecule has 5 heteroatoms. The number of rotatable bonds is 4. The van der Waals surface area contributed by atoms with Crippen LogP contribution in [0.3, 0.4) is 0 Å². The van der Waals surface area contributed by atoms with Gasteiger partial charge in [0.2, 0.25) is 0 Å². The summed E-state index contributed by atoms with van der Waals surface area (Å²) in [5.41, 5.74) is 2.61.